The summed E-state index contributed by atoms with van der Waals surface area (Å²) in [5, 5.41) is 10.6. The predicted molar refractivity (Wildman–Crippen MR) is 67.0 cm³/mol. The Morgan fingerprint density at radius 2 is 2.12 bits per heavy atom. The van der Waals surface area contributed by atoms with E-state index in [2.05, 4.69) is 0 Å². The van der Waals surface area contributed by atoms with Gasteiger partial charge in [-0.2, -0.15) is 0 Å². The van der Waals surface area contributed by atoms with Crippen LogP contribution < -0.4 is 0 Å². The minimum atomic E-state index is -1.04. The van der Waals surface area contributed by atoms with E-state index in [0.717, 1.165) is 16.5 Å². The number of hydrogen-bond donors (Lipinski definition) is 1. The zero-order valence-corrected chi connectivity index (χ0v) is 10.7. The predicted octanol–water partition coefficient (Wildman–Crippen LogP) is 3.96. The van der Waals surface area contributed by atoms with E-state index >= 15 is 0 Å². The van der Waals surface area contributed by atoms with Crippen molar-refractivity contribution in [1.29, 1.82) is 0 Å². The summed E-state index contributed by atoms with van der Waals surface area (Å²) < 4.78 is 5.41. The molecule has 0 aliphatic heterocycles. The van der Waals surface area contributed by atoms with Gasteiger partial charge in [0.1, 0.15) is 5.58 Å². The second-order valence-electron chi connectivity index (χ2n) is 4.07. The second-order valence-corrected chi connectivity index (χ2v) is 4.45. The van der Waals surface area contributed by atoms with Crippen molar-refractivity contribution in [3.8, 4) is 0 Å². The molecule has 90 valence electrons. The highest BCUT2D eigenvalue weighted by atomic mass is 35.5. The van der Waals surface area contributed by atoms with Crippen LogP contribution in [0, 0.1) is 13.8 Å². The molecule has 0 radical (unpaired) electrons. The fourth-order valence-electron chi connectivity index (χ4n) is 2.17. The molecule has 1 N–H and O–H groups in total. The van der Waals surface area contributed by atoms with Gasteiger partial charge in [-0.1, -0.05) is 18.5 Å². The Balaban J connectivity index is 2.93. The van der Waals surface area contributed by atoms with Gasteiger partial charge in [0.2, 0.25) is 5.76 Å². The molecule has 0 saturated heterocycles. The zero-order valence-electron chi connectivity index (χ0n) is 9.93. The first-order chi connectivity index (χ1) is 7.97. The van der Waals surface area contributed by atoms with Crippen LogP contribution in [0.3, 0.4) is 0 Å². The molecule has 2 rings (SSSR count). The van der Waals surface area contributed by atoms with Crippen LogP contribution in [0.25, 0.3) is 11.0 Å². The van der Waals surface area contributed by atoms with Crippen molar-refractivity contribution in [3.05, 3.63) is 33.5 Å². The smallest absolute Gasteiger partial charge is 0.372 e. The second kappa shape index (κ2) is 4.08. The summed E-state index contributed by atoms with van der Waals surface area (Å²) in [5.74, 6) is -1.02. The van der Waals surface area contributed by atoms with Crippen LogP contribution in [-0.2, 0) is 6.42 Å². The third-order valence-corrected chi connectivity index (χ3v) is 3.56. The van der Waals surface area contributed by atoms with Crippen molar-refractivity contribution in [2.75, 3.05) is 0 Å². The molecule has 1 heterocycles. The van der Waals surface area contributed by atoms with E-state index in [4.69, 9.17) is 21.1 Å². The van der Waals surface area contributed by atoms with Gasteiger partial charge in [0, 0.05) is 16.0 Å². The number of furan rings is 1. The van der Waals surface area contributed by atoms with Crippen LogP contribution >= 0.6 is 11.6 Å². The largest absolute Gasteiger partial charge is 0.475 e. The van der Waals surface area contributed by atoms with Gasteiger partial charge in [0.05, 0.1) is 0 Å². The molecule has 0 aliphatic carbocycles. The van der Waals surface area contributed by atoms with E-state index in [0.29, 0.717) is 22.6 Å². The topological polar surface area (TPSA) is 50.4 Å². The molecule has 1 aromatic carbocycles. The summed E-state index contributed by atoms with van der Waals surface area (Å²) in [5.41, 5.74) is 3.09. The summed E-state index contributed by atoms with van der Waals surface area (Å²) in [6, 6.07) is 1.79. The van der Waals surface area contributed by atoms with Crippen molar-refractivity contribution in [3.63, 3.8) is 0 Å². The lowest BCUT2D eigenvalue weighted by atomic mass is 10.0. The van der Waals surface area contributed by atoms with Gasteiger partial charge in [-0.15, -0.1) is 0 Å². The van der Waals surface area contributed by atoms with Crippen LogP contribution in [0.4, 0.5) is 0 Å². The Morgan fingerprint density at radius 1 is 1.47 bits per heavy atom. The Hall–Kier alpha value is -1.48. The number of carbonyl (C=O) groups is 1. The highest BCUT2D eigenvalue weighted by Gasteiger charge is 2.21. The van der Waals surface area contributed by atoms with Crippen LogP contribution in [0.1, 0.15) is 34.2 Å². The van der Waals surface area contributed by atoms with Gasteiger partial charge < -0.3 is 9.52 Å². The van der Waals surface area contributed by atoms with Gasteiger partial charge in [0.25, 0.3) is 0 Å². The lowest BCUT2D eigenvalue weighted by Crippen LogP contribution is -1.98. The number of fused-ring (bicyclic) bond motifs is 1. The first kappa shape index (κ1) is 12.0. The van der Waals surface area contributed by atoms with Crippen molar-refractivity contribution in [1.82, 2.24) is 0 Å². The molecule has 0 fully saturated rings. The molecule has 17 heavy (non-hydrogen) atoms. The molecule has 1 aromatic heterocycles. The Bertz CT molecular complexity index is 611. The molecule has 2 aromatic rings. The van der Waals surface area contributed by atoms with Crippen molar-refractivity contribution in [2.24, 2.45) is 0 Å². The highest BCUT2D eigenvalue weighted by Crippen LogP contribution is 2.35. The molecule has 0 saturated carbocycles. The normalized spacial score (nSPS) is 11.1. The van der Waals surface area contributed by atoms with Gasteiger partial charge in [-0.05, 0) is 37.5 Å². The third kappa shape index (κ3) is 1.71. The number of aromatic carboxylic acids is 1. The molecule has 0 atom stereocenters. The van der Waals surface area contributed by atoms with E-state index in [1.807, 2.05) is 20.8 Å². The molecule has 0 aliphatic rings. The molecule has 3 nitrogen and oxygen atoms in total. The maximum absolute atomic E-state index is 11.1. The van der Waals surface area contributed by atoms with Crippen LogP contribution in [0.15, 0.2) is 10.5 Å². The average molecular weight is 253 g/mol. The molecular weight excluding hydrogens is 240 g/mol. The SMILES string of the molecule is CCc1c(C(=O)O)oc2cc(C)c(Cl)c(C)c12. The number of carboxylic acid groups (broad SMARTS) is 1. The first-order valence-electron chi connectivity index (χ1n) is 5.41. The molecule has 0 spiro atoms. The van der Waals surface area contributed by atoms with Crippen LogP contribution in [0.5, 0.6) is 0 Å². The van der Waals surface area contributed by atoms with Crippen LogP contribution in [0.2, 0.25) is 5.02 Å². The Labute approximate surface area is 104 Å². The Kier molecular flexibility index (Phi) is 2.87. The number of rotatable bonds is 2. The molecule has 0 bridgehead atoms. The summed E-state index contributed by atoms with van der Waals surface area (Å²) in [7, 11) is 0. The number of halogens is 1. The summed E-state index contributed by atoms with van der Waals surface area (Å²) in [6.45, 7) is 5.67. The summed E-state index contributed by atoms with van der Waals surface area (Å²) in [6.07, 6.45) is 0.606. The van der Waals surface area contributed by atoms with Gasteiger partial charge in [-0.3, -0.25) is 0 Å². The number of carboxylic acids is 1. The van der Waals surface area contributed by atoms with Crippen molar-refractivity contribution in [2.45, 2.75) is 27.2 Å². The minimum absolute atomic E-state index is 0.0206. The van der Waals surface area contributed by atoms with Crippen molar-refractivity contribution >= 4 is 28.5 Å². The molecule has 0 unspecified atom stereocenters. The average Bonchev–Trinajstić information content (AvgIpc) is 2.64. The standard InChI is InChI=1S/C13H13ClO3/c1-4-8-10-7(3)11(14)6(2)5-9(10)17-12(8)13(15)16/h5H,4H2,1-3H3,(H,15,16). The number of aryl methyl sites for hydroxylation is 3. The molecule has 0 amide bonds. The lowest BCUT2D eigenvalue weighted by molar-refractivity contribution is 0.0663. The first-order valence-corrected chi connectivity index (χ1v) is 5.79. The maximum Gasteiger partial charge on any atom is 0.372 e. The van der Waals surface area contributed by atoms with Crippen LogP contribution in [-0.4, -0.2) is 11.1 Å². The third-order valence-electron chi connectivity index (χ3n) is 2.98. The number of benzene rings is 1. The van der Waals surface area contributed by atoms with E-state index < -0.39 is 5.97 Å². The molecular formula is C13H13ClO3. The fourth-order valence-corrected chi connectivity index (χ4v) is 2.32. The quantitative estimate of drug-likeness (QED) is 0.880. The highest BCUT2D eigenvalue weighted by molar-refractivity contribution is 6.33. The monoisotopic (exact) mass is 252 g/mol. The van der Waals surface area contributed by atoms with Gasteiger partial charge >= 0.3 is 5.97 Å². The van der Waals surface area contributed by atoms with Gasteiger partial charge in [0.15, 0.2) is 0 Å². The van der Waals surface area contributed by atoms with E-state index in [1.54, 1.807) is 6.07 Å². The Morgan fingerprint density at radius 3 is 2.65 bits per heavy atom. The van der Waals surface area contributed by atoms with Crippen molar-refractivity contribution < 1.29 is 14.3 Å². The molecule has 4 heteroatoms. The fraction of sp³-hybridized carbons (Fsp3) is 0.308. The van der Waals surface area contributed by atoms with E-state index in [9.17, 15) is 4.79 Å². The number of hydrogen-bond acceptors (Lipinski definition) is 2. The minimum Gasteiger partial charge on any atom is -0.475 e. The lowest BCUT2D eigenvalue weighted by Gasteiger charge is -2.04. The van der Waals surface area contributed by atoms with E-state index in [-0.39, 0.29) is 5.76 Å². The maximum atomic E-state index is 11.1. The van der Waals surface area contributed by atoms with Gasteiger partial charge in [-0.25, -0.2) is 4.79 Å². The summed E-state index contributed by atoms with van der Waals surface area (Å²) >= 11 is 6.19. The zero-order chi connectivity index (χ0) is 12.7. The summed E-state index contributed by atoms with van der Waals surface area (Å²) in [4.78, 5) is 11.1. The van der Waals surface area contributed by atoms with E-state index in [1.165, 1.54) is 0 Å².